The third kappa shape index (κ3) is 2.33. The van der Waals surface area contributed by atoms with Crippen molar-refractivity contribution in [1.82, 2.24) is 9.55 Å². The number of halogens is 1. The molecule has 0 aliphatic carbocycles. The van der Waals surface area contributed by atoms with Gasteiger partial charge in [-0.05, 0) is 13.0 Å². The molecule has 0 atom stereocenters. The number of hydrogen-bond donors (Lipinski definition) is 0. The molecular formula is C11H11ClN2OS. The lowest BCUT2D eigenvalue weighted by Crippen LogP contribution is -2.21. The Morgan fingerprint density at radius 2 is 2.38 bits per heavy atom. The molecule has 0 bridgehead atoms. The van der Waals surface area contributed by atoms with Gasteiger partial charge in [-0.2, -0.15) is 0 Å². The highest BCUT2D eigenvalue weighted by Gasteiger charge is 2.04. The molecule has 0 saturated heterocycles. The number of aromatic nitrogens is 2. The van der Waals surface area contributed by atoms with Gasteiger partial charge in [0.15, 0.2) is 0 Å². The molecule has 0 radical (unpaired) electrons. The van der Waals surface area contributed by atoms with Gasteiger partial charge in [0.1, 0.15) is 5.01 Å². The molecule has 0 aliphatic rings. The summed E-state index contributed by atoms with van der Waals surface area (Å²) in [4.78, 5) is 16.1. The number of pyridine rings is 1. The first-order chi connectivity index (χ1) is 7.70. The van der Waals surface area contributed by atoms with Crippen molar-refractivity contribution in [2.45, 2.75) is 19.3 Å². The van der Waals surface area contributed by atoms with Gasteiger partial charge >= 0.3 is 0 Å². The van der Waals surface area contributed by atoms with Crippen LogP contribution in [0.25, 0.3) is 0 Å². The van der Waals surface area contributed by atoms with Crippen molar-refractivity contribution in [2.75, 3.05) is 0 Å². The van der Waals surface area contributed by atoms with Gasteiger partial charge in [0, 0.05) is 17.1 Å². The van der Waals surface area contributed by atoms with Crippen LogP contribution in [0.15, 0.2) is 28.5 Å². The standard InChI is InChI=1S/C11H11ClN2OS/c1-8-3-2-4-14(11(8)15)6-10-13-9(5-12)7-16-10/h2-4,7H,5-6H2,1H3. The van der Waals surface area contributed by atoms with Crippen molar-refractivity contribution < 1.29 is 0 Å². The molecule has 16 heavy (non-hydrogen) atoms. The molecule has 5 heteroatoms. The second-order valence-electron chi connectivity index (χ2n) is 3.49. The molecule has 0 N–H and O–H groups in total. The fourth-order valence-electron chi connectivity index (χ4n) is 1.41. The summed E-state index contributed by atoms with van der Waals surface area (Å²) < 4.78 is 1.66. The summed E-state index contributed by atoms with van der Waals surface area (Å²) in [6, 6.07) is 3.68. The van der Waals surface area contributed by atoms with E-state index in [1.54, 1.807) is 10.8 Å². The van der Waals surface area contributed by atoms with Gasteiger partial charge < -0.3 is 4.57 Å². The summed E-state index contributed by atoms with van der Waals surface area (Å²) in [5, 5.41) is 2.83. The van der Waals surface area contributed by atoms with Crippen molar-refractivity contribution in [1.29, 1.82) is 0 Å². The van der Waals surface area contributed by atoms with Gasteiger partial charge in [-0.3, -0.25) is 4.79 Å². The Kier molecular flexibility index (Phi) is 3.41. The number of alkyl halides is 1. The van der Waals surface area contributed by atoms with Crippen molar-refractivity contribution in [2.24, 2.45) is 0 Å². The zero-order valence-corrected chi connectivity index (χ0v) is 10.4. The Bertz CT molecular complexity index is 547. The van der Waals surface area contributed by atoms with Crippen LogP contribution in [0.3, 0.4) is 0 Å². The quantitative estimate of drug-likeness (QED) is 0.789. The molecule has 0 aliphatic heterocycles. The van der Waals surface area contributed by atoms with E-state index >= 15 is 0 Å². The molecule has 2 aromatic heterocycles. The first-order valence-corrected chi connectivity index (χ1v) is 6.27. The minimum atomic E-state index is 0.0325. The molecule has 2 heterocycles. The van der Waals surface area contributed by atoms with Crippen LogP contribution in [0.5, 0.6) is 0 Å². The van der Waals surface area contributed by atoms with Crippen molar-refractivity contribution in [3.63, 3.8) is 0 Å². The lowest BCUT2D eigenvalue weighted by Gasteiger charge is -2.03. The maximum Gasteiger partial charge on any atom is 0.253 e. The van der Waals surface area contributed by atoms with E-state index in [9.17, 15) is 4.79 Å². The highest BCUT2D eigenvalue weighted by Crippen LogP contribution is 2.12. The van der Waals surface area contributed by atoms with Gasteiger partial charge in [-0.1, -0.05) is 6.07 Å². The second-order valence-corrected chi connectivity index (χ2v) is 4.70. The first-order valence-electron chi connectivity index (χ1n) is 4.86. The van der Waals surface area contributed by atoms with E-state index in [2.05, 4.69) is 4.98 Å². The number of thiazole rings is 1. The van der Waals surface area contributed by atoms with Gasteiger partial charge in [0.25, 0.3) is 5.56 Å². The molecular weight excluding hydrogens is 244 g/mol. The predicted molar refractivity (Wildman–Crippen MR) is 66.2 cm³/mol. The molecule has 3 nitrogen and oxygen atoms in total. The number of rotatable bonds is 3. The van der Waals surface area contributed by atoms with Crippen LogP contribution in [0, 0.1) is 6.92 Å². The topological polar surface area (TPSA) is 34.9 Å². The average Bonchev–Trinajstić information content (AvgIpc) is 2.73. The maximum atomic E-state index is 11.8. The van der Waals surface area contributed by atoms with Crippen LogP contribution < -0.4 is 5.56 Å². The monoisotopic (exact) mass is 254 g/mol. The molecule has 0 saturated carbocycles. The van der Waals surface area contributed by atoms with E-state index in [1.807, 2.05) is 24.4 Å². The van der Waals surface area contributed by atoms with Crippen molar-refractivity contribution in [3.8, 4) is 0 Å². The zero-order chi connectivity index (χ0) is 11.5. The predicted octanol–water partition coefficient (Wildman–Crippen LogP) is 2.40. The van der Waals surface area contributed by atoms with Gasteiger partial charge in [0.05, 0.1) is 18.1 Å². The molecule has 0 spiro atoms. The molecule has 0 fully saturated rings. The van der Waals surface area contributed by atoms with Gasteiger partial charge in [-0.15, -0.1) is 22.9 Å². The molecule has 84 valence electrons. The summed E-state index contributed by atoms with van der Waals surface area (Å²) in [7, 11) is 0. The summed E-state index contributed by atoms with van der Waals surface area (Å²) in [5.41, 5.74) is 1.64. The summed E-state index contributed by atoms with van der Waals surface area (Å²) in [6.07, 6.45) is 1.77. The van der Waals surface area contributed by atoms with Crippen LogP contribution in [0.2, 0.25) is 0 Å². The van der Waals surface area contributed by atoms with Crippen LogP contribution >= 0.6 is 22.9 Å². The second kappa shape index (κ2) is 4.80. The van der Waals surface area contributed by atoms with Crippen LogP contribution in [0.4, 0.5) is 0 Å². The molecule has 2 aromatic rings. The number of hydrogen-bond acceptors (Lipinski definition) is 3. The Morgan fingerprint density at radius 1 is 1.56 bits per heavy atom. The minimum Gasteiger partial charge on any atom is -0.308 e. The van der Waals surface area contributed by atoms with Crippen molar-refractivity contribution in [3.05, 3.63) is 50.3 Å². The highest BCUT2D eigenvalue weighted by molar-refractivity contribution is 7.09. The van der Waals surface area contributed by atoms with E-state index in [0.717, 1.165) is 16.3 Å². The summed E-state index contributed by atoms with van der Waals surface area (Å²) in [6.45, 7) is 2.33. The highest BCUT2D eigenvalue weighted by atomic mass is 35.5. The maximum absolute atomic E-state index is 11.8. The Balaban J connectivity index is 2.27. The smallest absolute Gasteiger partial charge is 0.253 e. The van der Waals surface area contributed by atoms with E-state index in [0.29, 0.717) is 12.4 Å². The lowest BCUT2D eigenvalue weighted by atomic mass is 10.3. The Labute approximate surface area is 102 Å². The third-order valence-electron chi connectivity index (χ3n) is 2.25. The Morgan fingerprint density at radius 3 is 3.06 bits per heavy atom. The SMILES string of the molecule is Cc1cccn(Cc2nc(CCl)cs2)c1=O. The van der Waals surface area contributed by atoms with Crippen LogP contribution in [-0.2, 0) is 12.4 Å². The van der Waals surface area contributed by atoms with E-state index < -0.39 is 0 Å². The first kappa shape index (κ1) is 11.4. The fraction of sp³-hybridized carbons (Fsp3) is 0.273. The summed E-state index contributed by atoms with van der Waals surface area (Å²) in [5.74, 6) is 0.416. The van der Waals surface area contributed by atoms with E-state index in [1.165, 1.54) is 11.3 Å². The molecule has 0 unspecified atom stereocenters. The third-order valence-corrected chi connectivity index (χ3v) is 3.41. The number of nitrogens with zero attached hydrogens (tertiary/aromatic N) is 2. The van der Waals surface area contributed by atoms with Gasteiger partial charge in [-0.25, -0.2) is 4.98 Å². The van der Waals surface area contributed by atoms with E-state index in [4.69, 9.17) is 11.6 Å². The van der Waals surface area contributed by atoms with Gasteiger partial charge in [0.2, 0.25) is 0 Å². The largest absolute Gasteiger partial charge is 0.308 e. The lowest BCUT2D eigenvalue weighted by molar-refractivity contribution is 0.745. The minimum absolute atomic E-state index is 0.0325. The molecule has 0 aromatic carbocycles. The van der Waals surface area contributed by atoms with E-state index in [-0.39, 0.29) is 5.56 Å². The average molecular weight is 255 g/mol. The summed E-state index contributed by atoms with van der Waals surface area (Å²) >= 11 is 7.20. The molecule has 0 amide bonds. The van der Waals surface area contributed by atoms with Crippen LogP contribution in [0.1, 0.15) is 16.3 Å². The number of aryl methyl sites for hydroxylation is 1. The van der Waals surface area contributed by atoms with Crippen LogP contribution in [-0.4, -0.2) is 9.55 Å². The fourth-order valence-corrected chi connectivity index (χ4v) is 2.43. The molecule has 2 rings (SSSR count). The normalized spacial score (nSPS) is 10.6. The zero-order valence-electron chi connectivity index (χ0n) is 8.81. The van der Waals surface area contributed by atoms with Crippen molar-refractivity contribution >= 4 is 22.9 Å². The Hall–Kier alpha value is -1.13.